The van der Waals surface area contributed by atoms with Crippen molar-refractivity contribution in [1.82, 2.24) is 0 Å². The van der Waals surface area contributed by atoms with E-state index < -0.39 is 17.3 Å². The summed E-state index contributed by atoms with van der Waals surface area (Å²) in [7, 11) is 0. The molecule has 1 aromatic heterocycles. The van der Waals surface area contributed by atoms with Crippen molar-refractivity contribution in [2.45, 2.75) is 31.3 Å². The van der Waals surface area contributed by atoms with Crippen molar-refractivity contribution in [3.8, 4) is 5.75 Å². The highest BCUT2D eigenvalue weighted by atomic mass is 16.5. The van der Waals surface area contributed by atoms with E-state index >= 15 is 0 Å². The Labute approximate surface area is 201 Å². The van der Waals surface area contributed by atoms with Crippen LogP contribution >= 0.6 is 0 Å². The number of aryl methyl sites for hydroxylation is 1. The van der Waals surface area contributed by atoms with E-state index in [0.717, 1.165) is 24.5 Å². The Morgan fingerprint density at radius 2 is 1.71 bits per heavy atom. The summed E-state index contributed by atoms with van der Waals surface area (Å²) in [5.74, 6) is -1.25. The molecule has 2 unspecified atom stereocenters. The monoisotopic (exact) mass is 468 g/mol. The van der Waals surface area contributed by atoms with Gasteiger partial charge in [-0.1, -0.05) is 54.6 Å². The average molecular weight is 469 g/mol. The lowest BCUT2D eigenvalue weighted by Crippen LogP contribution is -2.30. The third-order valence-corrected chi connectivity index (χ3v) is 6.24. The lowest BCUT2D eigenvalue weighted by atomic mass is 9.91. The molecule has 4 aromatic rings. The Morgan fingerprint density at radius 1 is 0.943 bits per heavy atom. The molecule has 0 aliphatic carbocycles. The summed E-state index contributed by atoms with van der Waals surface area (Å²) >= 11 is 0. The first kappa shape index (κ1) is 22.4. The zero-order valence-corrected chi connectivity index (χ0v) is 18.9. The van der Waals surface area contributed by atoms with Crippen LogP contribution in [0.15, 0.2) is 88.1 Å². The van der Waals surface area contributed by atoms with Gasteiger partial charge in [-0.2, -0.15) is 0 Å². The van der Waals surface area contributed by atoms with Gasteiger partial charge in [-0.25, -0.2) is 0 Å². The molecule has 0 saturated heterocycles. The molecular weight excluding hydrogens is 444 g/mol. The minimum atomic E-state index is -0.860. The number of para-hydroxylation sites is 2. The third-order valence-electron chi connectivity index (χ3n) is 6.24. The van der Waals surface area contributed by atoms with Gasteiger partial charge in [0, 0.05) is 11.6 Å². The molecule has 2 amide bonds. The smallest absolute Gasteiger partial charge is 0.284 e. The lowest BCUT2D eigenvalue weighted by Gasteiger charge is -2.19. The lowest BCUT2D eigenvalue weighted by molar-refractivity contribution is -0.118. The minimum Gasteiger partial charge on any atom is -0.489 e. The molecule has 176 valence electrons. The number of nitrogens with one attached hydrogen (secondary N) is 1. The summed E-state index contributed by atoms with van der Waals surface area (Å²) in [6, 6.07) is 23.6. The number of hydrogen-bond acceptors (Lipinski definition) is 5. The average Bonchev–Trinajstić information content (AvgIpc) is 3.23. The molecule has 3 N–H and O–H groups in total. The normalized spacial score (nSPS) is 16.5. The Hall–Kier alpha value is -4.39. The van der Waals surface area contributed by atoms with Crippen LogP contribution in [0.5, 0.6) is 5.75 Å². The molecule has 5 rings (SSSR count). The maximum atomic E-state index is 13.6. The van der Waals surface area contributed by atoms with Gasteiger partial charge in [0.05, 0.1) is 11.1 Å². The molecule has 0 radical (unpaired) electrons. The summed E-state index contributed by atoms with van der Waals surface area (Å²) in [5, 5.41) is 3.14. The van der Waals surface area contributed by atoms with Gasteiger partial charge < -0.3 is 20.2 Å². The van der Waals surface area contributed by atoms with Crippen LogP contribution in [0, 0.1) is 0 Å². The predicted molar refractivity (Wildman–Crippen MR) is 133 cm³/mol. The van der Waals surface area contributed by atoms with Crippen molar-refractivity contribution in [1.29, 1.82) is 0 Å². The van der Waals surface area contributed by atoms with E-state index in [1.165, 1.54) is 5.56 Å². The van der Waals surface area contributed by atoms with Crippen LogP contribution in [0.25, 0.3) is 11.0 Å². The number of primary amides is 1. The van der Waals surface area contributed by atoms with E-state index in [-0.39, 0.29) is 28.7 Å². The standard InChI is InChI=1S/C28H24N2O5/c29-27(32)24-16-21(31)18-12-7-13-20(26(18)35-24)30-28(33)25-19-11-4-5-14-22(19)34-23(25)15-6-10-17-8-2-1-3-9-17/h1-5,7-9,11-14,16,23,25H,6,10,15H2,(H2,29,32)(H,30,33). The zero-order valence-electron chi connectivity index (χ0n) is 18.9. The van der Waals surface area contributed by atoms with Gasteiger partial charge in [0.1, 0.15) is 17.8 Å². The summed E-state index contributed by atoms with van der Waals surface area (Å²) < 4.78 is 11.8. The van der Waals surface area contributed by atoms with Gasteiger partial charge in [-0.15, -0.1) is 0 Å². The molecule has 2 heterocycles. The van der Waals surface area contributed by atoms with Crippen molar-refractivity contribution in [3.05, 3.63) is 106 Å². The van der Waals surface area contributed by atoms with E-state index in [1.807, 2.05) is 42.5 Å². The number of benzene rings is 3. The van der Waals surface area contributed by atoms with Crippen molar-refractivity contribution >= 4 is 28.5 Å². The maximum absolute atomic E-state index is 13.6. The fraction of sp³-hybridized carbons (Fsp3) is 0.179. The van der Waals surface area contributed by atoms with Gasteiger partial charge >= 0.3 is 0 Å². The molecule has 7 heteroatoms. The molecular formula is C28H24N2O5. The largest absolute Gasteiger partial charge is 0.489 e. The second-order valence-corrected chi connectivity index (χ2v) is 8.56. The summed E-state index contributed by atoms with van der Waals surface area (Å²) in [4.78, 5) is 37.6. The van der Waals surface area contributed by atoms with Gasteiger partial charge in [0.25, 0.3) is 5.91 Å². The molecule has 0 fully saturated rings. The third kappa shape index (κ3) is 4.53. The maximum Gasteiger partial charge on any atom is 0.284 e. The number of ether oxygens (including phenoxy) is 1. The highest BCUT2D eigenvalue weighted by Crippen LogP contribution is 2.41. The van der Waals surface area contributed by atoms with Crippen LogP contribution in [-0.2, 0) is 11.2 Å². The van der Waals surface area contributed by atoms with Crippen LogP contribution < -0.4 is 21.2 Å². The highest BCUT2D eigenvalue weighted by molar-refractivity contribution is 6.03. The second kappa shape index (κ2) is 9.46. The molecule has 2 atom stereocenters. The fourth-order valence-electron chi connectivity index (χ4n) is 4.57. The van der Waals surface area contributed by atoms with Crippen molar-refractivity contribution in [2.24, 2.45) is 5.73 Å². The first-order valence-electron chi connectivity index (χ1n) is 11.5. The van der Waals surface area contributed by atoms with Gasteiger partial charge in [-0.3, -0.25) is 14.4 Å². The number of fused-ring (bicyclic) bond motifs is 2. The molecule has 3 aromatic carbocycles. The minimum absolute atomic E-state index is 0.106. The van der Waals surface area contributed by atoms with Crippen LogP contribution in [0.1, 0.15) is 40.4 Å². The Kier molecular flexibility index (Phi) is 6.06. The molecule has 1 aliphatic rings. The number of rotatable bonds is 7. The molecule has 1 aliphatic heterocycles. The van der Waals surface area contributed by atoms with Crippen LogP contribution in [-0.4, -0.2) is 17.9 Å². The van der Waals surface area contributed by atoms with E-state index in [0.29, 0.717) is 17.9 Å². The molecule has 35 heavy (non-hydrogen) atoms. The topological polar surface area (TPSA) is 112 Å². The predicted octanol–water partition coefficient (Wildman–Crippen LogP) is 4.40. The quantitative estimate of drug-likeness (QED) is 0.418. The van der Waals surface area contributed by atoms with Crippen molar-refractivity contribution in [3.63, 3.8) is 0 Å². The summed E-state index contributed by atoms with van der Waals surface area (Å²) in [6.07, 6.45) is 2.10. The first-order chi connectivity index (χ1) is 17.0. The van der Waals surface area contributed by atoms with Crippen LogP contribution in [0.3, 0.4) is 0 Å². The van der Waals surface area contributed by atoms with Crippen LogP contribution in [0.4, 0.5) is 5.69 Å². The van der Waals surface area contributed by atoms with Crippen molar-refractivity contribution in [2.75, 3.05) is 5.32 Å². The van der Waals surface area contributed by atoms with E-state index in [9.17, 15) is 14.4 Å². The number of carbonyl (C=O) groups is 2. The van der Waals surface area contributed by atoms with Gasteiger partial charge in [-0.05, 0) is 43.0 Å². The Morgan fingerprint density at radius 3 is 2.51 bits per heavy atom. The molecule has 0 saturated carbocycles. The number of nitrogens with two attached hydrogens (primary N) is 1. The SMILES string of the molecule is NC(=O)c1cc(=O)c2cccc(NC(=O)C3c4ccccc4OC3CCCc3ccccc3)c2o1. The van der Waals surface area contributed by atoms with E-state index in [2.05, 4.69) is 17.4 Å². The first-order valence-corrected chi connectivity index (χ1v) is 11.5. The number of anilines is 1. The van der Waals surface area contributed by atoms with Crippen LogP contribution in [0.2, 0.25) is 0 Å². The summed E-state index contributed by atoms with van der Waals surface area (Å²) in [5.41, 5.74) is 7.34. The molecule has 0 bridgehead atoms. The van der Waals surface area contributed by atoms with Gasteiger partial charge in [0.15, 0.2) is 16.8 Å². The molecule has 0 spiro atoms. The summed E-state index contributed by atoms with van der Waals surface area (Å²) in [6.45, 7) is 0. The molecule has 7 nitrogen and oxygen atoms in total. The fourth-order valence-corrected chi connectivity index (χ4v) is 4.57. The van der Waals surface area contributed by atoms with Crippen molar-refractivity contribution < 1.29 is 18.7 Å². The Bertz CT molecular complexity index is 1460. The second-order valence-electron chi connectivity index (χ2n) is 8.56. The number of amides is 2. The Balaban J connectivity index is 1.42. The number of carbonyl (C=O) groups excluding carboxylic acids is 2. The zero-order chi connectivity index (χ0) is 24.4. The van der Waals surface area contributed by atoms with E-state index in [1.54, 1.807) is 18.2 Å². The number of hydrogen-bond donors (Lipinski definition) is 2. The van der Waals surface area contributed by atoms with E-state index in [4.69, 9.17) is 14.9 Å². The van der Waals surface area contributed by atoms with Gasteiger partial charge in [0.2, 0.25) is 5.91 Å². The highest BCUT2D eigenvalue weighted by Gasteiger charge is 2.39.